The van der Waals surface area contributed by atoms with Gasteiger partial charge >= 0.3 is 0 Å². The lowest BCUT2D eigenvalue weighted by Gasteiger charge is -2.34. The third-order valence-electron chi connectivity index (χ3n) is 4.69. The van der Waals surface area contributed by atoms with Gasteiger partial charge in [0, 0.05) is 16.5 Å². The van der Waals surface area contributed by atoms with Crippen molar-refractivity contribution in [1.29, 1.82) is 5.41 Å². The molecule has 2 heterocycles. The summed E-state index contributed by atoms with van der Waals surface area (Å²) in [5, 5.41) is 18.4. The van der Waals surface area contributed by atoms with Crippen LogP contribution in [0.1, 0.15) is 23.7 Å². The van der Waals surface area contributed by atoms with Crippen molar-refractivity contribution in [2.24, 2.45) is 10.9 Å². The van der Waals surface area contributed by atoms with E-state index < -0.39 is 11.9 Å². The van der Waals surface area contributed by atoms with Crippen LogP contribution in [0.5, 0.6) is 5.75 Å². The molecule has 1 aromatic heterocycles. The molecule has 0 bridgehead atoms. The molecule has 0 unspecified atom stereocenters. The second-order valence-electron chi connectivity index (χ2n) is 7.08. The van der Waals surface area contributed by atoms with Gasteiger partial charge in [-0.2, -0.15) is 0 Å². The number of hydrogen-bond acceptors (Lipinski definition) is 11. The summed E-state index contributed by atoms with van der Waals surface area (Å²) in [4.78, 5) is 44.2. The van der Waals surface area contributed by atoms with Crippen molar-refractivity contribution in [3.05, 3.63) is 40.4 Å². The van der Waals surface area contributed by atoms with Crippen LogP contribution in [0.3, 0.4) is 0 Å². The Bertz CT molecular complexity index is 1120. The Morgan fingerprint density at radius 2 is 2.21 bits per heavy atom. The van der Waals surface area contributed by atoms with E-state index >= 15 is 0 Å². The van der Waals surface area contributed by atoms with Gasteiger partial charge in [0.15, 0.2) is 17.5 Å². The summed E-state index contributed by atoms with van der Waals surface area (Å²) >= 11 is 1.13. The molecule has 1 fully saturated rings. The molecule has 14 heteroatoms. The number of anilines is 1. The summed E-state index contributed by atoms with van der Waals surface area (Å²) in [6.07, 6.45) is 0. The monoisotopic (exact) mass is 489 g/mol. The molecule has 0 radical (unpaired) electrons. The first-order chi connectivity index (χ1) is 16.3. The molecular weight excluding hydrogens is 466 g/mol. The zero-order valence-corrected chi connectivity index (χ0v) is 18.9. The lowest BCUT2D eigenvalue weighted by atomic mass is 10.0. The molecule has 180 valence electrons. The number of ether oxygens (including phenoxy) is 2. The Labute approximate surface area is 197 Å². The first kappa shape index (κ1) is 24.4. The van der Waals surface area contributed by atoms with E-state index in [4.69, 9.17) is 31.2 Å². The molecule has 13 nitrogen and oxygen atoms in total. The van der Waals surface area contributed by atoms with Gasteiger partial charge in [0.2, 0.25) is 5.91 Å². The van der Waals surface area contributed by atoms with Crippen LogP contribution in [0.15, 0.2) is 28.7 Å². The van der Waals surface area contributed by atoms with Gasteiger partial charge in [-0.25, -0.2) is 4.98 Å². The molecule has 1 saturated heterocycles. The van der Waals surface area contributed by atoms with Gasteiger partial charge in [0.1, 0.15) is 36.5 Å². The number of nitrogens with two attached hydrogens (primary N) is 2. The van der Waals surface area contributed by atoms with Crippen LogP contribution in [0.4, 0.5) is 5.13 Å². The Hall–Kier alpha value is -4.20. The van der Waals surface area contributed by atoms with Gasteiger partial charge < -0.3 is 36.4 Å². The van der Waals surface area contributed by atoms with Gasteiger partial charge in [-0.15, -0.1) is 11.3 Å². The molecule has 7 N–H and O–H groups in total. The normalized spacial score (nSPS) is 17.2. The molecule has 1 aromatic carbocycles. The molecule has 1 aliphatic rings. The predicted molar refractivity (Wildman–Crippen MR) is 122 cm³/mol. The highest BCUT2D eigenvalue weighted by molar-refractivity contribution is 7.13. The number of β-lactam (4-membered cyclic amide) rings is 1. The first-order valence-electron chi connectivity index (χ1n) is 9.98. The van der Waals surface area contributed by atoms with Crippen LogP contribution in [-0.2, 0) is 30.6 Å². The quantitative estimate of drug-likeness (QED) is 0.0649. The van der Waals surface area contributed by atoms with Crippen molar-refractivity contribution in [3.63, 3.8) is 0 Å². The van der Waals surface area contributed by atoms with E-state index in [2.05, 4.69) is 20.8 Å². The van der Waals surface area contributed by atoms with E-state index in [0.29, 0.717) is 23.3 Å². The van der Waals surface area contributed by atoms with Crippen molar-refractivity contribution in [2.75, 3.05) is 18.9 Å². The van der Waals surface area contributed by atoms with E-state index in [1.54, 1.807) is 30.5 Å². The average molecular weight is 490 g/mol. The van der Waals surface area contributed by atoms with Crippen molar-refractivity contribution in [2.45, 2.75) is 25.6 Å². The third-order valence-corrected chi connectivity index (χ3v) is 5.36. The fourth-order valence-electron chi connectivity index (χ4n) is 2.95. The lowest BCUT2D eigenvalue weighted by Crippen LogP contribution is -2.68. The number of nitrogens with zero attached hydrogens (tertiary/aromatic N) is 2. The molecule has 2 atom stereocenters. The molecule has 3 rings (SSSR count). The van der Waals surface area contributed by atoms with Gasteiger partial charge in [0.05, 0.1) is 6.04 Å². The summed E-state index contributed by atoms with van der Waals surface area (Å²) in [5.41, 5.74) is 12.2. The fraction of sp³-hybridized carbons (Fsp3) is 0.300. The van der Waals surface area contributed by atoms with Crippen LogP contribution in [0, 0.1) is 5.41 Å². The SMILES string of the molecule is C[C@@H]1NC(=O)[C@H]1NC(=O)/C(=N\OCCOc1ccc(C(=N)N)cc1COC=O)c1csc(N)n1. The Morgan fingerprint density at radius 3 is 2.82 bits per heavy atom. The van der Waals surface area contributed by atoms with Crippen LogP contribution in [0.25, 0.3) is 0 Å². The number of amidine groups is 1. The average Bonchev–Trinajstić information content (AvgIpc) is 3.24. The van der Waals surface area contributed by atoms with E-state index in [0.717, 1.165) is 11.3 Å². The van der Waals surface area contributed by atoms with E-state index in [1.807, 2.05) is 0 Å². The Balaban J connectivity index is 1.63. The predicted octanol–water partition coefficient (Wildman–Crippen LogP) is -0.515. The van der Waals surface area contributed by atoms with Crippen molar-refractivity contribution < 1.29 is 28.7 Å². The number of hydrogen-bond donors (Lipinski definition) is 5. The van der Waals surface area contributed by atoms with Crippen LogP contribution in [0.2, 0.25) is 0 Å². The summed E-state index contributed by atoms with van der Waals surface area (Å²) in [6.45, 7) is 1.98. The number of amides is 2. The van der Waals surface area contributed by atoms with E-state index in [9.17, 15) is 14.4 Å². The van der Waals surface area contributed by atoms with Gasteiger partial charge in [-0.3, -0.25) is 19.8 Å². The number of thiazole rings is 1. The lowest BCUT2D eigenvalue weighted by molar-refractivity contribution is -0.134. The minimum absolute atomic E-state index is 0.0349. The minimum atomic E-state index is -0.679. The number of aromatic nitrogens is 1. The topological polar surface area (TPSA) is 204 Å². The number of nitrogen functional groups attached to an aromatic ring is 2. The van der Waals surface area contributed by atoms with Crippen LogP contribution >= 0.6 is 11.3 Å². The fourth-order valence-corrected chi connectivity index (χ4v) is 3.50. The second-order valence-corrected chi connectivity index (χ2v) is 7.97. The Kier molecular flexibility index (Phi) is 7.97. The smallest absolute Gasteiger partial charge is 0.293 e. The highest BCUT2D eigenvalue weighted by Crippen LogP contribution is 2.21. The van der Waals surface area contributed by atoms with Crippen molar-refractivity contribution in [1.82, 2.24) is 15.6 Å². The molecular formula is C20H23N7O6S. The second kappa shape index (κ2) is 11.1. The van der Waals surface area contributed by atoms with Crippen molar-refractivity contribution in [3.8, 4) is 5.75 Å². The zero-order chi connectivity index (χ0) is 24.7. The molecule has 1 aliphatic heterocycles. The summed E-state index contributed by atoms with van der Waals surface area (Å²) in [5.74, 6) is -0.669. The summed E-state index contributed by atoms with van der Waals surface area (Å²) < 4.78 is 10.4. The molecule has 0 aliphatic carbocycles. The molecule has 0 spiro atoms. The summed E-state index contributed by atoms with van der Waals surface area (Å²) in [6, 6.07) is 3.87. The van der Waals surface area contributed by atoms with Crippen molar-refractivity contribution >= 4 is 46.3 Å². The molecule has 2 amide bonds. The number of carbonyl (C=O) groups excluding carboxylic acids is 3. The van der Waals surface area contributed by atoms with Gasteiger partial charge in [-0.05, 0) is 25.1 Å². The third kappa shape index (κ3) is 5.98. The number of benzene rings is 1. The Morgan fingerprint density at radius 1 is 1.41 bits per heavy atom. The number of nitrogens with one attached hydrogen (secondary N) is 3. The van der Waals surface area contributed by atoms with E-state index in [1.165, 1.54) is 0 Å². The number of carbonyl (C=O) groups is 3. The highest BCUT2D eigenvalue weighted by Gasteiger charge is 2.38. The maximum atomic E-state index is 12.7. The standard InChI is InChI=1S/C20H23N7O6S/c1-10-15(18(29)24-10)26-19(30)16(13-8-34-20(23)25-13)27-33-5-4-32-14-3-2-11(17(21)22)6-12(14)7-31-9-28/h2-3,6,8-10,15H,4-5,7H2,1H3,(H3,21,22)(H2,23,25)(H,24,29)(H,26,30)/b27-16-/t10-,15-/m0/s1. The zero-order valence-electron chi connectivity index (χ0n) is 18.1. The minimum Gasteiger partial charge on any atom is -0.490 e. The summed E-state index contributed by atoms with van der Waals surface area (Å²) in [7, 11) is 0. The number of oxime groups is 1. The van der Waals surface area contributed by atoms with Gasteiger partial charge in [-0.1, -0.05) is 5.16 Å². The first-order valence-corrected chi connectivity index (χ1v) is 10.9. The molecule has 0 saturated carbocycles. The molecule has 2 aromatic rings. The van der Waals surface area contributed by atoms with Crippen LogP contribution in [-0.4, -0.2) is 60.1 Å². The van der Waals surface area contributed by atoms with E-state index in [-0.39, 0.29) is 54.1 Å². The number of rotatable bonds is 12. The maximum Gasteiger partial charge on any atom is 0.293 e. The van der Waals surface area contributed by atoms with Crippen LogP contribution < -0.4 is 26.8 Å². The highest BCUT2D eigenvalue weighted by atomic mass is 32.1. The molecule has 34 heavy (non-hydrogen) atoms. The largest absolute Gasteiger partial charge is 0.490 e. The van der Waals surface area contributed by atoms with Gasteiger partial charge in [0.25, 0.3) is 12.4 Å². The maximum absolute atomic E-state index is 12.7.